The summed E-state index contributed by atoms with van der Waals surface area (Å²) in [5.74, 6) is 0. The fraction of sp³-hybridized carbons (Fsp3) is 0.600. The molecule has 2 rings (SSSR count). The van der Waals surface area contributed by atoms with Crippen LogP contribution in [0.25, 0.3) is 0 Å². The Balaban J connectivity index is 2.15. The minimum Gasteiger partial charge on any atom is -0.382 e. The largest absolute Gasteiger partial charge is 0.382 e. The minimum atomic E-state index is 0.442. The van der Waals surface area contributed by atoms with E-state index in [0.717, 1.165) is 0 Å². The fourth-order valence-electron chi connectivity index (χ4n) is 2.76. The van der Waals surface area contributed by atoms with Crippen LogP contribution in [0.4, 0.5) is 5.69 Å². The molecule has 1 nitrogen and oxygen atoms in total. The molecule has 1 aromatic carbocycles. The number of hydrogen-bond donors (Lipinski definition) is 1. The fourth-order valence-corrected chi connectivity index (χ4v) is 2.76. The molecule has 1 unspecified atom stereocenters. The summed E-state index contributed by atoms with van der Waals surface area (Å²) in [6.07, 6.45) is 4.01. The quantitative estimate of drug-likeness (QED) is 0.779. The van der Waals surface area contributed by atoms with Gasteiger partial charge in [0.05, 0.1) is 0 Å². The van der Waals surface area contributed by atoms with Gasteiger partial charge in [-0.3, -0.25) is 0 Å². The van der Waals surface area contributed by atoms with Gasteiger partial charge in [-0.2, -0.15) is 0 Å². The summed E-state index contributed by atoms with van der Waals surface area (Å²) in [4.78, 5) is 0. The molecule has 1 heteroatoms. The minimum absolute atomic E-state index is 0.442. The van der Waals surface area contributed by atoms with Crippen molar-refractivity contribution in [3.8, 4) is 0 Å². The van der Waals surface area contributed by atoms with Gasteiger partial charge in [-0.1, -0.05) is 38.0 Å². The molecule has 1 saturated carbocycles. The Kier molecular flexibility index (Phi) is 2.96. The van der Waals surface area contributed by atoms with Crippen LogP contribution in [0.2, 0.25) is 0 Å². The maximum Gasteiger partial charge on any atom is 0.0372 e. The molecule has 0 spiro atoms. The molecule has 0 aromatic heterocycles. The molecule has 0 bridgehead atoms. The lowest BCUT2D eigenvalue weighted by molar-refractivity contribution is 0.350. The zero-order valence-electron chi connectivity index (χ0n) is 10.9. The van der Waals surface area contributed by atoms with Crippen molar-refractivity contribution in [1.29, 1.82) is 0 Å². The second-order valence-electron chi connectivity index (χ2n) is 5.90. The van der Waals surface area contributed by atoms with Crippen LogP contribution >= 0.6 is 0 Å². The summed E-state index contributed by atoms with van der Waals surface area (Å²) in [6.45, 7) is 9.09. The van der Waals surface area contributed by atoms with Gasteiger partial charge in [0.25, 0.3) is 0 Å². The Morgan fingerprint density at radius 1 is 1.25 bits per heavy atom. The molecule has 1 aromatic rings. The zero-order valence-corrected chi connectivity index (χ0v) is 10.9. The second kappa shape index (κ2) is 4.12. The third kappa shape index (κ3) is 2.23. The molecule has 16 heavy (non-hydrogen) atoms. The molecular weight excluding hydrogens is 194 g/mol. The number of anilines is 1. The van der Waals surface area contributed by atoms with Gasteiger partial charge < -0.3 is 5.32 Å². The van der Waals surface area contributed by atoms with E-state index in [1.54, 1.807) is 0 Å². The lowest BCUT2D eigenvalue weighted by Crippen LogP contribution is -2.31. The Morgan fingerprint density at radius 3 is 2.56 bits per heavy atom. The smallest absolute Gasteiger partial charge is 0.0372 e. The Labute approximate surface area is 99.3 Å². The highest BCUT2D eigenvalue weighted by Crippen LogP contribution is 2.39. The SMILES string of the molecule is Cc1ccc(NC2CCCC2(C)C)c(C)c1. The van der Waals surface area contributed by atoms with Gasteiger partial charge in [0, 0.05) is 11.7 Å². The van der Waals surface area contributed by atoms with Crippen molar-refractivity contribution in [2.24, 2.45) is 5.41 Å². The molecule has 1 fully saturated rings. The number of hydrogen-bond acceptors (Lipinski definition) is 1. The molecule has 0 radical (unpaired) electrons. The first-order chi connectivity index (χ1) is 7.49. The molecule has 1 aliphatic rings. The van der Waals surface area contributed by atoms with Crippen LogP contribution in [0.3, 0.4) is 0 Å². The van der Waals surface area contributed by atoms with Crippen molar-refractivity contribution in [3.63, 3.8) is 0 Å². The second-order valence-corrected chi connectivity index (χ2v) is 5.90. The molecule has 88 valence electrons. The van der Waals surface area contributed by atoms with E-state index in [0.29, 0.717) is 11.5 Å². The van der Waals surface area contributed by atoms with E-state index < -0.39 is 0 Å². The van der Waals surface area contributed by atoms with Gasteiger partial charge in [-0.05, 0) is 43.7 Å². The van der Waals surface area contributed by atoms with E-state index in [2.05, 4.69) is 51.2 Å². The van der Waals surface area contributed by atoms with Crippen LogP contribution in [0.15, 0.2) is 18.2 Å². The van der Waals surface area contributed by atoms with E-state index in [-0.39, 0.29) is 0 Å². The predicted octanol–water partition coefficient (Wildman–Crippen LogP) is 4.29. The third-order valence-electron chi connectivity index (χ3n) is 3.97. The summed E-state index contributed by atoms with van der Waals surface area (Å²) in [7, 11) is 0. The monoisotopic (exact) mass is 217 g/mol. The average molecular weight is 217 g/mol. The summed E-state index contributed by atoms with van der Waals surface area (Å²) in [5.41, 5.74) is 4.46. The highest BCUT2D eigenvalue weighted by molar-refractivity contribution is 5.53. The van der Waals surface area contributed by atoms with Crippen LogP contribution in [-0.4, -0.2) is 6.04 Å². The van der Waals surface area contributed by atoms with Crippen molar-refractivity contribution < 1.29 is 0 Å². The van der Waals surface area contributed by atoms with Crippen molar-refractivity contribution in [3.05, 3.63) is 29.3 Å². The van der Waals surface area contributed by atoms with Crippen LogP contribution in [0.5, 0.6) is 0 Å². The lowest BCUT2D eigenvalue weighted by atomic mass is 9.87. The predicted molar refractivity (Wildman–Crippen MR) is 71.0 cm³/mol. The Hall–Kier alpha value is -0.980. The van der Waals surface area contributed by atoms with Gasteiger partial charge in [-0.15, -0.1) is 0 Å². The maximum atomic E-state index is 3.73. The first-order valence-electron chi connectivity index (χ1n) is 6.33. The van der Waals surface area contributed by atoms with Crippen LogP contribution in [-0.2, 0) is 0 Å². The Bertz CT molecular complexity index is 379. The lowest BCUT2D eigenvalue weighted by Gasteiger charge is -2.29. The maximum absolute atomic E-state index is 3.73. The van der Waals surface area contributed by atoms with Gasteiger partial charge in [0.2, 0.25) is 0 Å². The van der Waals surface area contributed by atoms with Crippen molar-refractivity contribution in [2.75, 3.05) is 5.32 Å². The first kappa shape index (κ1) is 11.5. The van der Waals surface area contributed by atoms with Gasteiger partial charge in [-0.25, -0.2) is 0 Å². The van der Waals surface area contributed by atoms with E-state index >= 15 is 0 Å². The van der Waals surface area contributed by atoms with Crippen molar-refractivity contribution in [2.45, 2.75) is 53.0 Å². The molecule has 1 aliphatic carbocycles. The number of benzene rings is 1. The molecule has 1 atom stereocenters. The highest BCUT2D eigenvalue weighted by atomic mass is 14.9. The van der Waals surface area contributed by atoms with Crippen molar-refractivity contribution in [1.82, 2.24) is 0 Å². The van der Waals surface area contributed by atoms with Crippen LogP contribution < -0.4 is 5.32 Å². The summed E-state index contributed by atoms with van der Waals surface area (Å²) in [5, 5.41) is 3.73. The number of rotatable bonds is 2. The topological polar surface area (TPSA) is 12.0 Å². The number of aryl methyl sites for hydroxylation is 2. The third-order valence-corrected chi connectivity index (χ3v) is 3.97. The molecule has 0 amide bonds. The first-order valence-corrected chi connectivity index (χ1v) is 6.33. The zero-order chi connectivity index (χ0) is 11.8. The normalized spacial score (nSPS) is 23.4. The van der Waals surface area contributed by atoms with E-state index in [1.165, 1.54) is 36.1 Å². The molecular formula is C15H23N. The molecule has 0 aliphatic heterocycles. The van der Waals surface area contributed by atoms with E-state index in [1.807, 2.05) is 0 Å². The standard InChI is InChI=1S/C15H23N/c1-11-7-8-13(12(2)10-11)16-14-6-5-9-15(14,3)4/h7-8,10,14,16H,5-6,9H2,1-4H3. The van der Waals surface area contributed by atoms with Gasteiger partial charge in [0.1, 0.15) is 0 Å². The molecule has 1 N–H and O–H groups in total. The van der Waals surface area contributed by atoms with Gasteiger partial charge >= 0.3 is 0 Å². The summed E-state index contributed by atoms with van der Waals surface area (Å²) < 4.78 is 0. The summed E-state index contributed by atoms with van der Waals surface area (Å²) >= 11 is 0. The average Bonchev–Trinajstić information content (AvgIpc) is 2.50. The Morgan fingerprint density at radius 2 is 2.00 bits per heavy atom. The van der Waals surface area contributed by atoms with E-state index in [9.17, 15) is 0 Å². The molecule has 0 saturated heterocycles. The number of nitrogens with one attached hydrogen (secondary N) is 1. The highest BCUT2D eigenvalue weighted by Gasteiger charge is 2.34. The van der Waals surface area contributed by atoms with Crippen LogP contribution in [0, 0.1) is 19.3 Å². The van der Waals surface area contributed by atoms with E-state index in [4.69, 9.17) is 0 Å². The molecule has 0 heterocycles. The summed E-state index contributed by atoms with van der Waals surface area (Å²) in [6, 6.07) is 7.30. The van der Waals surface area contributed by atoms with Crippen molar-refractivity contribution >= 4 is 5.69 Å². The van der Waals surface area contributed by atoms with Gasteiger partial charge in [0.15, 0.2) is 0 Å². The van der Waals surface area contributed by atoms with Crippen LogP contribution in [0.1, 0.15) is 44.2 Å².